The van der Waals surface area contributed by atoms with Crippen LogP contribution in [-0.4, -0.2) is 257 Å². The fourth-order valence-electron chi connectivity index (χ4n) is 16.0. The first kappa shape index (κ1) is 80.9. The molecule has 12 amide bonds. The van der Waals surface area contributed by atoms with Crippen molar-refractivity contribution >= 4 is 70.9 Å². The first-order valence-corrected chi connectivity index (χ1v) is 36.9. The smallest absolute Gasteiger partial charge is 0.378 e. The number of ether oxygens (including phenoxy) is 1. The van der Waals surface area contributed by atoms with Crippen molar-refractivity contribution in [1.29, 1.82) is 0 Å². The van der Waals surface area contributed by atoms with Crippen molar-refractivity contribution in [2.24, 2.45) is 23.7 Å². The van der Waals surface area contributed by atoms with E-state index < -0.39 is 186 Å². The van der Waals surface area contributed by atoms with Gasteiger partial charge in [0.15, 0.2) is 0 Å². The molecular weight excluding hydrogens is 1350 g/mol. The molecule has 7 aliphatic rings. The Morgan fingerprint density at radius 1 is 0.680 bits per heavy atom. The zero-order valence-electron chi connectivity index (χ0n) is 61.7. The fourth-order valence-corrected chi connectivity index (χ4v) is 16.0. The lowest BCUT2D eigenvalue weighted by molar-refractivity contribution is -0.157. The molecule has 0 aromatic heterocycles. The molecule has 1 spiro atoms. The summed E-state index contributed by atoms with van der Waals surface area (Å²) in [6.07, 6.45) is 3.13. The normalized spacial score (nSPS) is 27.5. The zero-order valence-corrected chi connectivity index (χ0v) is 61.7. The van der Waals surface area contributed by atoms with Gasteiger partial charge >= 0.3 is 6.18 Å². The number of hydrogen-bond donors (Lipinski definition) is 3. The average molecular weight is 1460 g/mol. The summed E-state index contributed by atoms with van der Waals surface area (Å²) in [4.78, 5) is 192. The second-order valence-electron chi connectivity index (χ2n) is 30.1. The molecule has 4 heterocycles. The van der Waals surface area contributed by atoms with Crippen LogP contribution >= 0.6 is 0 Å². The third kappa shape index (κ3) is 18.7. The highest BCUT2D eigenvalue weighted by atomic mass is 19.4. The fraction of sp³-hybridized carbons (Fsp3) is 0.726. The van der Waals surface area contributed by atoms with Crippen molar-refractivity contribution < 1.29 is 84.2 Å². The second kappa shape index (κ2) is 34.9. The standard InChI is InChI=1S/C73H107F5N12O13/c1-12-44(4)60-69(100)83(7)45(5)64(95)90-32-28-53(90)67(98)85(9)55(40-46-21-14-13-15-22-46)66(97)82(6)42-57(91)79-51(27-26-47-38-49(74)59(50(75)39-47)73(76,77)78)65(96)89-31-20-25-52(89)63(94)81-72(29-18-19-30-72)71(102)87(11)61(48-23-16-17-24-48)70(101)86(10)56(68(99)88-33-35-103-36-34-88)41-58(92)84(8)54(37-43(2)3)62(93)80-60/h28,38-39,43-46,48,51-52,54-56,60-61H,12-27,29-37,40-42H2,1-11H3,(H,79,91)(H,80,93)(H,81,94)/t44-,45-,51-,52-,54-,55-,56-,60?,61-/m0/s1. The molecule has 8 rings (SSSR count). The summed E-state index contributed by atoms with van der Waals surface area (Å²) in [6.45, 7) is 8.49. The Morgan fingerprint density at radius 3 is 1.88 bits per heavy atom. The number of nitrogens with zero attached hydrogens (tertiary/aromatic N) is 9. The summed E-state index contributed by atoms with van der Waals surface area (Å²) < 4.78 is 77.1. The molecule has 3 aliphatic carbocycles. The number of likely N-dealkylation sites (N-methyl/N-ethyl adjacent to an activating group) is 6. The van der Waals surface area contributed by atoms with Gasteiger partial charge in [0.1, 0.15) is 76.8 Å². The maximum Gasteiger partial charge on any atom is 0.422 e. The van der Waals surface area contributed by atoms with Gasteiger partial charge in [0.05, 0.1) is 26.2 Å². The minimum absolute atomic E-state index is 0.0435. The number of aryl methyl sites for hydroxylation is 1. The van der Waals surface area contributed by atoms with Crippen molar-refractivity contribution in [1.82, 2.24) is 60.0 Å². The van der Waals surface area contributed by atoms with E-state index in [4.69, 9.17) is 4.74 Å². The third-order valence-corrected chi connectivity index (χ3v) is 22.7. The maximum absolute atomic E-state index is 15.7. The Morgan fingerprint density at radius 2 is 1.30 bits per heavy atom. The lowest BCUT2D eigenvalue weighted by Crippen LogP contribution is -2.65. The third-order valence-electron chi connectivity index (χ3n) is 22.7. The molecule has 0 bridgehead atoms. The number of halogens is 5. The number of morpholine rings is 1. The molecule has 3 saturated heterocycles. The molecule has 1 aromatic carbocycles. The van der Waals surface area contributed by atoms with E-state index in [1.165, 1.54) is 94.5 Å². The van der Waals surface area contributed by atoms with Crippen LogP contribution in [0.25, 0.3) is 0 Å². The van der Waals surface area contributed by atoms with Gasteiger partial charge in [-0.3, -0.25) is 57.5 Å². The number of rotatable bonds is 11. The molecule has 30 heteroatoms. The number of amides is 12. The molecule has 572 valence electrons. The van der Waals surface area contributed by atoms with E-state index in [0.717, 1.165) is 37.0 Å². The Balaban J connectivity index is 1.19. The van der Waals surface area contributed by atoms with Gasteiger partial charge in [-0.1, -0.05) is 91.9 Å². The van der Waals surface area contributed by atoms with Crippen LogP contribution in [0.3, 0.4) is 0 Å². The van der Waals surface area contributed by atoms with Crippen LogP contribution in [0.5, 0.6) is 0 Å². The molecule has 6 fully saturated rings. The van der Waals surface area contributed by atoms with Crippen molar-refractivity contribution in [3.05, 3.63) is 46.7 Å². The first-order valence-electron chi connectivity index (χ1n) is 36.9. The van der Waals surface area contributed by atoms with Crippen LogP contribution < -0.4 is 16.0 Å². The first-order chi connectivity index (χ1) is 48.6. The van der Waals surface area contributed by atoms with E-state index in [1.54, 1.807) is 6.92 Å². The molecule has 3 saturated carbocycles. The van der Waals surface area contributed by atoms with Gasteiger partial charge in [-0.05, 0) is 119 Å². The van der Waals surface area contributed by atoms with E-state index in [0.29, 0.717) is 57.1 Å². The lowest BCUT2D eigenvalue weighted by Gasteiger charge is -2.42. The highest BCUT2D eigenvalue weighted by molar-refractivity contribution is 6.04. The summed E-state index contributed by atoms with van der Waals surface area (Å²) in [5.74, 6) is -13.6. The van der Waals surface area contributed by atoms with Crippen LogP contribution in [0, 0.1) is 35.3 Å². The lowest BCUT2D eigenvalue weighted by atomic mass is 9.84. The number of carbonyl (C=O) groups excluding carboxylic acids is 12. The largest absolute Gasteiger partial charge is 0.422 e. The number of nitrogens with one attached hydrogen (secondary N) is 3. The summed E-state index contributed by atoms with van der Waals surface area (Å²) in [5, 5.41) is 8.55. The van der Waals surface area contributed by atoms with Crippen LogP contribution in [-0.2, 0) is 74.9 Å². The molecule has 103 heavy (non-hydrogen) atoms. The van der Waals surface area contributed by atoms with Crippen LogP contribution in [0.15, 0.2) is 23.9 Å². The highest BCUT2D eigenvalue weighted by Gasteiger charge is 2.52. The van der Waals surface area contributed by atoms with Gasteiger partial charge in [0.25, 0.3) is 5.91 Å². The molecule has 9 atom stereocenters. The van der Waals surface area contributed by atoms with Crippen molar-refractivity contribution in [3.8, 4) is 0 Å². The van der Waals surface area contributed by atoms with E-state index in [-0.39, 0.29) is 101 Å². The van der Waals surface area contributed by atoms with E-state index >= 15 is 37.5 Å². The second-order valence-corrected chi connectivity index (χ2v) is 30.1. The van der Waals surface area contributed by atoms with Crippen LogP contribution in [0.4, 0.5) is 22.0 Å². The SMILES string of the molecule is CC[C@H](C)C1NC(=O)[C@H](CC(C)C)N(C)C(=O)C[C@@H](C(=O)N2CCOCC2)N(C)C(=O)[C@H](C2CCCC2)N(C)C(=O)C2(CCCC2)NC(=O)[C@@H]2CCCN2C(=O)[C@H](CCc2cc(F)c(C(F)(F)F)c(F)c2)NC(=O)CN(C)C(=O)[C@H](CC2CCCCC2)N(C)C(=O)C2=CCN2C(=O)[C@H](C)N(C)C1=O. The Hall–Kier alpha value is -7.79. The van der Waals surface area contributed by atoms with E-state index in [2.05, 4.69) is 16.0 Å². The van der Waals surface area contributed by atoms with Gasteiger partial charge in [-0.2, -0.15) is 13.2 Å². The highest BCUT2D eigenvalue weighted by Crippen LogP contribution is 2.39. The summed E-state index contributed by atoms with van der Waals surface area (Å²) in [7, 11) is 8.38. The van der Waals surface area contributed by atoms with Gasteiger partial charge in [0, 0.05) is 68.5 Å². The average Bonchev–Trinajstić information content (AvgIpc) is 1.76. The van der Waals surface area contributed by atoms with Gasteiger partial charge in [-0.25, -0.2) is 8.78 Å². The predicted octanol–water partition coefficient (Wildman–Crippen LogP) is 5.16. The molecule has 1 unspecified atom stereocenters. The van der Waals surface area contributed by atoms with Crippen LogP contribution in [0.1, 0.15) is 174 Å². The molecule has 3 N–H and O–H groups in total. The monoisotopic (exact) mass is 1450 g/mol. The predicted molar refractivity (Wildman–Crippen MR) is 368 cm³/mol. The topological polar surface area (TPSA) is 279 Å². The summed E-state index contributed by atoms with van der Waals surface area (Å²) in [6, 6.07) is -9.65. The van der Waals surface area contributed by atoms with E-state index in [9.17, 15) is 41.9 Å². The van der Waals surface area contributed by atoms with Crippen LogP contribution in [0.2, 0.25) is 0 Å². The number of fused-ring (bicyclic) bond motifs is 2. The molecule has 0 radical (unpaired) electrons. The van der Waals surface area contributed by atoms with Crippen molar-refractivity contribution in [3.63, 3.8) is 0 Å². The number of alkyl halides is 3. The molecule has 4 aliphatic heterocycles. The number of benzene rings is 1. The summed E-state index contributed by atoms with van der Waals surface area (Å²) in [5.41, 5.74) is -4.16. The number of hydrogen-bond acceptors (Lipinski definition) is 13. The van der Waals surface area contributed by atoms with Gasteiger partial charge < -0.3 is 64.8 Å². The Bertz CT molecular complexity index is 3330. The maximum atomic E-state index is 15.7. The quantitative estimate of drug-likeness (QED) is 0.242. The van der Waals surface area contributed by atoms with Gasteiger partial charge in [0.2, 0.25) is 65.0 Å². The Kier molecular flexibility index (Phi) is 27.4. The summed E-state index contributed by atoms with van der Waals surface area (Å²) >= 11 is 0. The van der Waals surface area contributed by atoms with Gasteiger partial charge in [-0.15, -0.1) is 0 Å². The van der Waals surface area contributed by atoms with Crippen molar-refractivity contribution in [2.45, 2.75) is 230 Å². The number of carbonyl (C=O) groups is 12. The minimum atomic E-state index is -5.39. The zero-order chi connectivity index (χ0) is 75.7. The van der Waals surface area contributed by atoms with Crippen molar-refractivity contribution in [2.75, 3.05) is 88.2 Å². The van der Waals surface area contributed by atoms with E-state index in [1.807, 2.05) is 20.8 Å². The Labute approximate surface area is 601 Å². The molecular formula is C73H107F5N12O13. The molecule has 1 aromatic rings. The minimum Gasteiger partial charge on any atom is -0.378 e. The molecule has 25 nitrogen and oxygen atoms in total.